The van der Waals surface area contributed by atoms with Crippen molar-refractivity contribution in [3.63, 3.8) is 0 Å². The first-order valence-corrected chi connectivity index (χ1v) is 8.90. The fourth-order valence-electron chi connectivity index (χ4n) is 2.58. The van der Waals surface area contributed by atoms with Crippen LogP contribution in [0, 0.1) is 17.1 Å². The van der Waals surface area contributed by atoms with Crippen LogP contribution in [0.2, 0.25) is 0 Å². The Morgan fingerprint density at radius 2 is 2.03 bits per heavy atom. The number of carbonyl (C=O) groups excluding carboxylic acids is 2. The highest BCUT2D eigenvalue weighted by molar-refractivity contribution is 5.97. The van der Waals surface area contributed by atoms with Gasteiger partial charge in [0.2, 0.25) is 0 Å². The van der Waals surface area contributed by atoms with Crippen molar-refractivity contribution >= 4 is 17.6 Å². The number of halogens is 4. The van der Waals surface area contributed by atoms with E-state index in [4.69, 9.17) is 10.00 Å². The lowest BCUT2D eigenvalue weighted by atomic mass is 10.0. The molecule has 0 aliphatic heterocycles. The van der Waals surface area contributed by atoms with Crippen LogP contribution >= 0.6 is 0 Å². The molecule has 0 saturated heterocycles. The van der Waals surface area contributed by atoms with Gasteiger partial charge in [0, 0.05) is 5.69 Å². The van der Waals surface area contributed by atoms with E-state index in [-0.39, 0.29) is 17.8 Å². The Balaban J connectivity index is 2.32. The van der Waals surface area contributed by atoms with E-state index < -0.39 is 47.2 Å². The molecule has 0 bridgehead atoms. The predicted octanol–water partition coefficient (Wildman–Crippen LogP) is 3.06. The van der Waals surface area contributed by atoms with Gasteiger partial charge in [-0.15, -0.1) is 0 Å². The lowest BCUT2D eigenvalue weighted by Gasteiger charge is -2.29. The van der Waals surface area contributed by atoms with Crippen molar-refractivity contribution in [2.75, 3.05) is 19.0 Å². The summed E-state index contributed by atoms with van der Waals surface area (Å²) in [6, 6.07) is 4.08. The van der Waals surface area contributed by atoms with E-state index in [0.717, 1.165) is 36.3 Å². The molecule has 2 rings (SSSR count). The Morgan fingerprint density at radius 1 is 1.34 bits per heavy atom. The van der Waals surface area contributed by atoms with Crippen LogP contribution in [0.5, 0.6) is 0 Å². The van der Waals surface area contributed by atoms with Crippen LogP contribution in [-0.2, 0) is 31.8 Å². The van der Waals surface area contributed by atoms with E-state index in [1.807, 2.05) is 0 Å². The number of rotatable bonds is 8. The van der Waals surface area contributed by atoms with Crippen molar-refractivity contribution in [2.45, 2.75) is 25.2 Å². The minimum absolute atomic E-state index is 0.129. The Labute approximate surface area is 180 Å². The second-order valence-corrected chi connectivity index (χ2v) is 6.79. The number of aromatic nitrogens is 2. The number of hydrogen-bond acceptors (Lipinski definition) is 6. The van der Waals surface area contributed by atoms with Crippen LogP contribution in [0.1, 0.15) is 18.1 Å². The Morgan fingerprint density at radius 3 is 2.56 bits per heavy atom. The molecule has 8 nitrogen and oxygen atoms in total. The van der Waals surface area contributed by atoms with Crippen molar-refractivity contribution in [3.05, 3.63) is 59.7 Å². The average Bonchev–Trinajstić information content (AvgIpc) is 3.14. The number of amides is 1. The first kappa shape index (κ1) is 24.5. The van der Waals surface area contributed by atoms with Gasteiger partial charge in [-0.25, -0.2) is 9.18 Å². The normalized spacial score (nSPS) is 13.0. The SMILES string of the molecule is C=C(COC(C)(Cn1cc(F)cn1)C(=O)Nc1ccc(C#N)c(C(F)(F)F)c1)C(=O)OC. The summed E-state index contributed by atoms with van der Waals surface area (Å²) in [7, 11) is 1.12. The number of ether oxygens (including phenoxy) is 2. The lowest BCUT2D eigenvalue weighted by Crippen LogP contribution is -2.47. The summed E-state index contributed by atoms with van der Waals surface area (Å²) >= 11 is 0. The Kier molecular flexibility index (Phi) is 7.37. The minimum atomic E-state index is -4.82. The molecule has 1 heterocycles. The van der Waals surface area contributed by atoms with E-state index in [1.54, 1.807) is 0 Å². The second-order valence-electron chi connectivity index (χ2n) is 6.79. The maximum atomic E-state index is 13.3. The number of hydrogen-bond donors (Lipinski definition) is 1. The number of alkyl halides is 3. The summed E-state index contributed by atoms with van der Waals surface area (Å²) in [5, 5.41) is 14.9. The third kappa shape index (κ3) is 5.92. The van der Waals surface area contributed by atoms with Crippen molar-refractivity contribution < 1.29 is 36.6 Å². The van der Waals surface area contributed by atoms with Gasteiger partial charge in [-0.3, -0.25) is 9.48 Å². The molecule has 0 spiro atoms. The van der Waals surface area contributed by atoms with Gasteiger partial charge in [-0.1, -0.05) is 6.58 Å². The molecule has 1 aromatic heterocycles. The summed E-state index contributed by atoms with van der Waals surface area (Å²) in [5.41, 5.74) is -4.04. The molecule has 1 aromatic carbocycles. The molecule has 12 heteroatoms. The molecule has 170 valence electrons. The van der Waals surface area contributed by atoms with Crippen molar-refractivity contribution in [1.82, 2.24) is 9.78 Å². The van der Waals surface area contributed by atoms with E-state index in [1.165, 1.54) is 13.0 Å². The maximum Gasteiger partial charge on any atom is 0.417 e. The second kappa shape index (κ2) is 9.61. The summed E-state index contributed by atoms with van der Waals surface area (Å²) in [4.78, 5) is 24.5. The smallest absolute Gasteiger partial charge is 0.417 e. The molecule has 0 saturated carbocycles. The van der Waals surface area contributed by atoms with Gasteiger partial charge < -0.3 is 14.8 Å². The number of nitrogens with zero attached hydrogens (tertiary/aromatic N) is 3. The van der Waals surface area contributed by atoms with Gasteiger partial charge in [0.05, 0.1) is 55.4 Å². The highest BCUT2D eigenvalue weighted by Gasteiger charge is 2.38. The maximum absolute atomic E-state index is 13.3. The molecule has 0 fully saturated rings. The number of methoxy groups -OCH3 is 1. The minimum Gasteiger partial charge on any atom is -0.466 e. The quantitative estimate of drug-likeness (QED) is 0.373. The van der Waals surface area contributed by atoms with Gasteiger partial charge in [-0.05, 0) is 25.1 Å². The fourth-order valence-corrected chi connectivity index (χ4v) is 2.58. The molecule has 1 amide bonds. The number of esters is 1. The third-order valence-electron chi connectivity index (χ3n) is 4.29. The Hall–Kier alpha value is -3.72. The number of anilines is 1. The van der Waals surface area contributed by atoms with Gasteiger partial charge in [-0.2, -0.15) is 23.5 Å². The van der Waals surface area contributed by atoms with Crippen LogP contribution in [0.25, 0.3) is 0 Å². The standard InChI is InChI=1S/C20H18F4N4O4/c1-12(17(29)31-3)10-32-19(2,11-28-9-14(21)8-26-28)18(30)27-15-5-4-13(7-25)16(6-15)20(22,23)24/h4-6,8-9H,1,10-11H2,2-3H3,(H,27,30). The van der Waals surface area contributed by atoms with Crippen molar-refractivity contribution in [2.24, 2.45) is 0 Å². The summed E-state index contributed by atoms with van der Waals surface area (Å²) in [5.74, 6) is -2.39. The number of nitriles is 1. The van der Waals surface area contributed by atoms with E-state index in [0.29, 0.717) is 6.07 Å². The van der Waals surface area contributed by atoms with Crippen LogP contribution in [0.4, 0.5) is 23.2 Å². The molecule has 0 aliphatic rings. The third-order valence-corrected chi connectivity index (χ3v) is 4.29. The summed E-state index contributed by atoms with van der Waals surface area (Å²) in [6.45, 7) is 3.95. The van der Waals surface area contributed by atoms with E-state index >= 15 is 0 Å². The predicted molar refractivity (Wildman–Crippen MR) is 102 cm³/mol. The van der Waals surface area contributed by atoms with Crippen LogP contribution in [0.3, 0.4) is 0 Å². The van der Waals surface area contributed by atoms with Gasteiger partial charge >= 0.3 is 12.1 Å². The van der Waals surface area contributed by atoms with Gasteiger partial charge in [0.1, 0.15) is 0 Å². The fraction of sp³-hybridized carbons (Fsp3) is 0.300. The number of nitrogens with one attached hydrogen (secondary N) is 1. The molecular formula is C20H18F4N4O4. The van der Waals surface area contributed by atoms with Gasteiger partial charge in [0.25, 0.3) is 5.91 Å². The zero-order valence-electron chi connectivity index (χ0n) is 17.0. The molecular weight excluding hydrogens is 436 g/mol. The molecule has 0 radical (unpaired) electrons. The van der Waals surface area contributed by atoms with E-state index in [2.05, 4.69) is 21.7 Å². The van der Waals surface area contributed by atoms with Crippen molar-refractivity contribution in [3.8, 4) is 6.07 Å². The van der Waals surface area contributed by atoms with Crippen LogP contribution in [0.15, 0.2) is 42.7 Å². The first-order chi connectivity index (χ1) is 14.9. The highest BCUT2D eigenvalue weighted by Crippen LogP contribution is 2.34. The van der Waals surface area contributed by atoms with Crippen molar-refractivity contribution in [1.29, 1.82) is 5.26 Å². The zero-order valence-corrected chi connectivity index (χ0v) is 17.0. The molecule has 1 N–H and O–H groups in total. The molecule has 1 unspecified atom stereocenters. The number of benzene rings is 1. The highest BCUT2D eigenvalue weighted by atomic mass is 19.4. The van der Waals surface area contributed by atoms with Crippen LogP contribution in [-0.4, -0.2) is 41.0 Å². The Bertz CT molecular complexity index is 1070. The van der Waals surface area contributed by atoms with Gasteiger partial charge in [0.15, 0.2) is 11.4 Å². The zero-order chi connectivity index (χ0) is 24.1. The average molecular weight is 454 g/mol. The number of carbonyl (C=O) groups is 2. The lowest BCUT2D eigenvalue weighted by molar-refractivity contribution is -0.144. The molecule has 0 aliphatic carbocycles. The monoisotopic (exact) mass is 454 g/mol. The van der Waals surface area contributed by atoms with E-state index in [9.17, 15) is 27.2 Å². The summed E-state index contributed by atoms with van der Waals surface area (Å²) < 4.78 is 64.0. The topological polar surface area (TPSA) is 106 Å². The molecule has 2 aromatic rings. The molecule has 1 atom stereocenters. The van der Waals surface area contributed by atoms with Crippen LogP contribution < -0.4 is 5.32 Å². The molecule has 32 heavy (non-hydrogen) atoms. The first-order valence-electron chi connectivity index (χ1n) is 8.90. The largest absolute Gasteiger partial charge is 0.466 e. The summed E-state index contributed by atoms with van der Waals surface area (Å²) in [6.07, 6.45) is -2.95.